The molecule has 1 aromatic heterocycles. The van der Waals surface area contributed by atoms with Crippen molar-refractivity contribution in [3.05, 3.63) is 36.2 Å². The van der Waals surface area contributed by atoms with Gasteiger partial charge in [0.05, 0.1) is 19.2 Å². The summed E-state index contributed by atoms with van der Waals surface area (Å²) in [5.41, 5.74) is 0.941. The summed E-state index contributed by atoms with van der Waals surface area (Å²) in [5, 5.41) is 7.20. The van der Waals surface area contributed by atoms with Crippen LogP contribution in [-0.4, -0.2) is 78.8 Å². The zero-order valence-electron chi connectivity index (χ0n) is 15.9. The molecular weight excluding hydrogens is 346 g/mol. The van der Waals surface area contributed by atoms with Crippen molar-refractivity contribution < 1.29 is 14.1 Å². The molecular formula is C19H27N5O3. The molecule has 0 saturated carbocycles. The van der Waals surface area contributed by atoms with E-state index in [-0.39, 0.29) is 11.9 Å². The van der Waals surface area contributed by atoms with Gasteiger partial charge in [-0.1, -0.05) is 35.5 Å². The molecule has 2 aromatic rings. The lowest BCUT2D eigenvalue weighted by Crippen LogP contribution is -2.51. The highest BCUT2D eigenvalue weighted by Gasteiger charge is 2.27. The fourth-order valence-corrected chi connectivity index (χ4v) is 3.11. The Labute approximate surface area is 159 Å². The Morgan fingerprint density at radius 1 is 1.26 bits per heavy atom. The molecule has 146 valence electrons. The molecule has 0 radical (unpaired) electrons. The van der Waals surface area contributed by atoms with Crippen LogP contribution < -0.4 is 5.32 Å². The molecule has 3 rings (SSSR count). The lowest BCUT2D eigenvalue weighted by molar-refractivity contribution is -0.132. The summed E-state index contributed by atoms with van der Waals surface area (Å²) >= 11 is 0. The highest BCUT2D eigenvalue weighted by atomic mass is 16.5. The van der Waals surface area contributed by atoms with Crippen molar-refractivity contribution in [1.82, 2.24) is 25.3 Å². The predicted octanol–water partition coefficient (Wildman–Crippen LogP) is 1.18. The van der Waals surface area contributed by atoms with Crippen LogP contribution in [0.15, 0.2) is 34.9 Å². The van der Waals surface area contributed by atoms with Gasteiger partial charge in [-0.2, -0.15) is 4.98 Å². The highest BCUT2D eigenvalue weighted by molar-refractivity contribution is 5.78. The molecule has 1 aliphatic heterocycles. The number of nitrogens with one attached hydrogen (secondary N) is 1. The second-order valence-corrected chi connectivity index (χ2v) is 6.58. The Morgan fingerprint density at radius 3 is 2.70 bits per heavy atom. The molecule has 8 heteroatoms. The van der Waals surface area contributed by atoms with E-state index in [1.807, 2.05) is 35.2 Å². The standard InChI is InChI=1S/C19H27N5O3/c1-15(19-21-18(22-27-19)16-6-4-3-5-7-16)23-9-11-24(12-10-23)17(25)14-20-8-13-26-2/h3-7,15,20H,8-14H2,1-2H3. The fraction of sp³-hybridized carbons (Fsp3) is 0.526. The number of ether oxygens (including phenoxy) is 1. The second kappa shape index (κ2) is 9.59. The van der Waals surface area contributed by atoms with Gasteiger partial charge in [0.1, 0.15) is 0 Å². The molecule has 2 heterocycles. The summed E-state index contributed by atoms with van der Waals surface area (Å²) < 4.78 is 10.4. The van der Waals surface area contributed by atoms with E-state index in [4.69, 9.17) is 9.26 Å². The quantitative estimate of drug-likeness (QED) is 0.696. The zero-order chi connectivity index (χ0) is 19.1. The summed E-state index contributed by atoms with van der Waals surface area (Å²) in [6.07, 6.45) is 0. The zero-order valence-corrected chi connectivity index (χ0v) is 15.9. The van der Waals surface area contributed by atoms with Crippen molar-refractivity contribution in [3.63, 3.8) is 0 Å². The maximum absolute atomic E-state index is 12.2. The Kier molecular flexibility index (Phi) is 6.92. The predicted molar refractivity (Wildman–Crippen MR) is 101 cm³/mol. The van der Waals surface area contributed by atoms with E-state index in [1.165, 1.54) is 0 Å². The van der Waals surface area contributed by atoms with E-state index < -0.39 is 0 Å². The number of benzene rings is 1. The second-order valence-electron chi connectivity index (χ2n) is 6.58. The molecule has 0 bridgehead atoms. The number of hydrogen-bond donors (Lipinski definition) is 1. The summed E-state index contributed by atoms with van der Waals surface area (Å²) in [6.45, 7) is 6.68. The van der Waals surface area contributed by atoms with Gasteiger partial charge in [-0.25, -0.2) is 0 Å². The minimum atomic E-state index is 0.0204. The van der Waals surface area contributed by atoms with Gasteiger partial charge >= 0.3 is 0 Å². The van der Waals surface area contributed by atoms with Crippen LogP contribution >= 0.6 is 0 Å². The number of hydrogen-bond acceptors (Lipinski definition) is 7. The lowest BCUT2D eigenvalue weighted by atomic mass is 10.2. The minimum absolute atomic E-state index is 0.0204. The molecule has 1 amide bonds. The number of carbonyl (C=O) groups excluding carboxylic acids is 1. The number of methoxy groups -OCH3 is 1. The molecule has 1 fully saturated rings. The summed E-state index contributed by atoms with van der Waals surface area (Å²) in [4.78, 5) is 20.9. The van der Waals surface area contributed by atoms with Gasteiger partial charge in [0.15, 0.2) is 0 Å². The maximum atomic E-state index is 12.2. The first-order valence-electron chi connectivity index (χ1n) is 9.29. The average Bonchev–Trinajstić information content (AvgIpc) is 3.21. The van der Waals surface area contributed by atoms with E-state index in [2.05, 4.69) is 27.3 Å². The van der Waals surface area contributed by atoms with Crippen molar-refractivity contribution in [3.8, 4) is 11.4 Å². The molecule has 1 atom stereocenters. The molecule has 0 aliphatic carbocycles. The van der Waals surface area contributed by atoms with Crippen molar-refractivity contribution >= 4 is 5.91 Å². The third-order valence-electron chi connectivity index (χ3n) is 4.80. The van der Waals surface area contributed by atoms with Crippen LogP contribution in [0.4, 0.5) is 0 Å². The van der Waals surface area contributed by atoms with Crippen LogP contribution in [0.5, 0.6) is 0 Å². The van der Waals surface area contributed by atoms with Gasteiger partial charge in [-0.15, -0.1) is 0 Å². The van der Waals surface area contributed by atoms with E-state index >= 15 is 0 Å². The van der Waals surface area contributed by atoms with Crippen LogP contribution in [0.1, 0.15) is 18.9 Å². The average molecular weight is 373 g/mol. The van der Waals surface area contributed by atoms with E-state index in [9.17, 15) is 4.79 Å². The summed E-state index contributed by atoms with van der Waals surface area (Å²) in [6, 6.07) is 9.81. The van der Waals surface area contributed by atoms with Gasteiger partial charge in [-0.05, 0) is 6.92 Å². The number of rotatable bonds is 8. The first-order chi connectivity index (χ1) is 13.2. The molecule has 1 saturated heterocycles. The number of carbonyl (C=O) groups is 1. The summed E-state index contributed by atoms with van der Waals surface area (Å²) in [5.74, 6) is 1.34. The monoisotopic (exact) mass is 373 g/mol. The first-order valence-corrected chi connectivity index (χ1v) is 9.29. The Balaban J connectivity index is 1.49. The van der Waals surface area contributed by atoms with Gasteiger partial charge in [0, 0.05) is 45.4 Å². The third kappa shape index (κ3) is 5.12. The lowest BCUT2D eigenvalue weighted by Gasteiger charge is -2.36. The van der Waals surface area contributed by atoms with Gasteiger partial charge in [-0.3, -0.25) is 9.69 Å². The first kappa shape index (κ1) is 19.5. The molecule has 1 aliphatic rings. The summed E-state index contributed by atoms with van der Waals surface area (Å²) in [7, 11) is 1.65. The van der Waals surface area contributed by atoms with E-state index in [1.54, 1.807) is 7.11 Å². The molecule has 27 heavy (non-hydrogen) atoms. The van der Waals surface area contributed by atoms with Crippen LogP contribution in [0.25, 0.3) is 11.4 Å². The normalized spacial score (nSPS) is 16.4. The van der Waals surface area contributed by atoms with Gasteiger partial charge in [0.25, 0.3) is 0 Å². The van der Waals surface area contributed by atoms with Crippen molar-refractivity contribution in [2.75, 3.05) is 53.0 Å². The SMILES string of the molecule is COCCNCC(=O)N1CCN(C(C)c2nc(-c3ccccc3)no2)CC1. The number of nitrogens with zero attached hydrogens (tertiary/aromatic N) is 4. The molecule has 1 unspecified atom stereocenters. The largest absolute Gasteiger partial charge is 0.383 e. The Morgan fingerprint density at radius 2 is 2.00 bits per heavy atom. The van der Waals surface area contributed by atoms with Crippen LogP contribution in [0.3, 0.4) is 0 Å². The van der Waals surface area contributed by atoms with Crippen molar-refractivity contribution in [1.29, 1.82) is 0 Å². The van der Waals surface area contributed by atoms with Crippen LogP contribution in [-0.2, 0) is 9.53 Å². The highest BCUT2D eigenvalue weighted by Crippen LogP contribution is 2.23. The fourth-order valence-electron chi connectivity index (χ4n) is 3.11. The smallest absolute Gasteiger partial charge is 0.244 e. The molecule has 8 nitrogen and oxygen atoms in total. The molecule has 1 N–H and O–H groups in total. The molecule has 1 aromatic carbocycles. The number of piperazine rings is 1. The molecule has 0 spiro atoms. The van der Waals surface area contributed by atoms with Gasteiger partial charge in [0.2, 0.25) is 17.6 Å². The van der Waals surface area contributed by atoms with Crippen molar-refractivity contribution in [2.45, 2.75) is 13.0 Å². The third-order valence-corrected chi connectivity index (χ3v) is 4.80. The topological polar surface area (TPSA) is 83.7 Å². The Hall–Kier alpha value is -2.29. The van der Waals surface area contributed by atoms with E-state index in [0.29, 0.717) is 44.5 Å². The number of aromatic nitrogens is 2. The van der Waals surface area contributed by atoms with Crippen LogP contribution in [0.2, 0.25) is 0 Å². The van der Waals surface area contributed by atoms with Crippen LogP contribution in [0, 0.1) is 0 Å². The van der Waals surface area contributed by atoms with E-state index in [0.717, 1.165) is 18.7 Å². The Bertz CT molecular complexity index is 713. The maximum Gasteiger partial charge on any atom is 0.244 e. The number of amides is 1. The van der Waals surface area contributed by atoms with Gasteiger partial charge < -0.3 is 19.5 Å². The minimum Gasteiger partial charge on any atom is -0.383 e. The van der Waals surface area contributed by atoms with Crippen molar-refractivity contribution in [2.24, 2.45) is 0 Å².